The first kappa shape index (κ1) is 13.0. The van der Waals surface area contributed by atoms with E-state index in [4.69, 9.17) is 10.00 Å². The molecule has 0 heterocycles. The molecule has 1 fully saturated rings. The monoisotopic (exact) mass is 224 g/mol. The van der Waals surface area contributed by atoms with Crippen LogP contribution in [0.5, 0.6) is 0 Å². The van der Waals surface area contributed by atoms with E-state index in [0.717, 1.165) is 12.8 Å². The van der Waals surface area contributed by atoms with Crippen LogP contribution in [0.15, 0.2) is 0 Å². The SMILES string of the molecule is CC[C@H](C#N)NC(=O)COC1CCCCC1. The Labute approximate surface area is 97.0 Å². The maximum Gasteiger partial charge on any atom is 0.247 e. The Kier molecular flexibility index (Phi) is 5.87. The second-order valence-corrected chi connectivity index (χ2v) is 4.23. The molecule has 4 nitrogen and oxygen atoms in total. The molecule has 1 aliphatic rings. The third-order valence-electron chi connectivity index (χ3n) is 2.90. The summed E-state index contributed by atoms with van der Waals surface area (Å²) in [5.74, 6) is -0.182. The van der Waals surface area contributed by atoms with E-state index in [-0.39, 0.29) is 24.7 Å². The molecule has 0 bridgehead atoms. The first-order valence-corrected chi connectivity index (χ1v) is 6.06. The van der Waals surface area contributed by atoms with Gasteiger partial charge in [-0.05, 0) is 19.3 Å². The van der Waals surface area contributed by atoms with Gasteiger partial charge in [0.05, 0.1) is 12.2 Å². The molecule has 0 aromatic carbocycles. The third-order valence-corrected chi connectivity index (χ3v) is 2.90. The van der Waals surface area contributed by atoms with E-state index in [2.05, 4.69) is 5.32 Å². The average molecular weight is 224 g/mol. The molecule has 90 valence electrons. The van der Waals surface area contributed by atoms with Gasteiger partial charge in [-0.1, -0.05) is 26.2 Å². The first-order chi connectivity index (χ1) is 7.76. The van der Waals surface area contributed by atoms with Crippen molar-refractivity contribution in [1.29, 1.82) is 5.26 Å². The highest BCUT2D eigenvalue weighted by atomic mass is 16.5. The quantitative estimate of drug-likeness (QED) is 0.774. The topological polar surface area (TPSA) is 62.1 Å². The van der Waals surface area contributed by atoms with Crippen molar-refractivity contribution in [3.63, 3.8) is 0 Å². The molecular weight excluding hydrogens is 204 g/mol. The highest BCUT2D eigenvalue weighted by Gasteiger charge is 2.16. The summed E-state index contributed by atoms with van der Waals surface area (Å²) < 4.78 is 5.51. The summed E-state index contributed by atoms with van der Waals surface area (Å²) in [7, 11) is 0. The van der Waals surface area contributed by atoms with E-state index in [1.165, 1.54) is 19.3 Å². The lowest BCUT2D eigenvalue weighted by molar-refractivity contribution is -0.128. The van der Waals surface area contributed by atoms with Crippen molar-refractivity contribution >= 4 is 5.91 Å². The van der Waals surface area contributed by atoms with Crippen LogP contribution < -0.4 is 5.32 Å². The van der Waals surface area contributed by atoms with Gasteiger partial charge in [0.1, 0.15) is 12.6 Å². The van der Waals surface area contributed by atoms with E-state index in [1.54, 1.807) is 0 Å². The predicted octanol–water partition coefficient (Wildman–Crippen LogP) is 1.75. The Morgan fingerprint density at radius 2 is 2.19 bits per heavy atom. The molecule has 1 saturated carbocycles. The smallest absolute Gasteiger partial charge is 0.247 e. The van der Waals surface area contributed by atoms with E-state index in [1.807, 2.05) is 13.0 Å². The molecule has 1 N–H and O–H groups in total. The van der Waals surface area contributed by atoms with Gasteiger partial charge in [-0.25, -0.2) is 0 Å². The normalized spacial score (nSPS) is 18.8. The number of hydrogen-bond acceptors (Lipinski definition) is 3. The van der Waals surface area contributed by atoms with Crippen molar-refractivity contribution < 1.29 is 9.53 Å². The Hall–Kier alpha value is -1.08. The molecule has 4 heteroatoms. The highest BCUT2D eigenvalue weighted by molar-refractivity contribution is 5.77. The number of carbonyl (C=O) groups excluding carboxylic acids is 1. The van der Waals surface area contributed by atoms with Crippen molar-refractivity contribution in [3.8, 4) is 6.07 Å². The van der Waals surface area contributed by atoms with Crippen LogP contribution in [0.25, 0.3) is 0 Å². The molecule has 0 spiro atoms. The van der Waals surface area contributed by atoms with Crippen LogP contribution in [0.1, 0.15) is 45.4 Å². The van der Waals surface area contributed by atoms with Crippen LogP contribution in [0, 0.1) is 11.3 Å². The largest absolute Gasteiger partial charge is 0.368 e. The third kappa shape index (κ3) is 4.63. The molecule has 0 aromatic heterocycles. The van der Waals surface area contributed by atoms with Crippen molar-refractivity contribution in [1.82, 2.24) is 5.32 Å². The minimum Gasteiger partial charge on any atom is -0.368 e. The fraction of sp³-hybridized carbons (Fsp3) is 0.833. The molecule has 1 amide bonds. The zero-order valence-corrected chi connectivity index (χ0v) is 9.87. The number of hydrogen-bond donors (Lipinski definition) is 1. The summed E-state index contributed by atoms with van der Waals surface area (Å²) in [6.45, 7) is 1.96. The zero-order chi connectivity index (χ0) is 11.8. The van der Waals surface area contributed by atoms with Gasteiger partial charge in [0.25, 0.3) is 0 Å². The molecule has 1 rings (SSSR count). The van der Waals surface area contributed by atoms with Crippen LogP contribution in [0.4, 0.5) is 0 Å². The number of carbonyl (C=O) groups is 1. The number of amides is 1. The first-order valence-electron chi connectivity index (χ1n) is 6.06. The lowest BCUT2D eigenvalue weighted by Gasteiger charge is -2.21. The van der Waals surface area contributed by atoms with Gasteiger partial charge in [0, 0.05) is 0 Å². The van der Waals surface area contributed by atoms with Crippen LogP contribution in [-0.4, -0.2) is 24.7 Å². The number of nitrogens with one attached hydrogen (secondary N) is 1. The van der Waals surface area contributed by atoms with Crippen LogP contribution in [0.2, 0.25) is 0 Å². The summed E-state index contributed by atoms with van der Waals surface area (Å²) in [6, 6.07) is 1.65. The van der Waals surface area contributed by atoms with E-state index < -0.39 is 0 Å². The number of nitrogens with zero attached hydrogens (tertiary/aromatic N) is 1. The standard InChI is InChI=1S/C12H20N2O2/c1-2-10(8-13)14-12(15)9-16-11-6-4-3-5-7-11/h10-11H,2-7,9H2,1H3,(H,14,15)/t10-/m1/s1. The second kappa shape index (κ2) is 7.24. The summed E-state index contributed by atoms with van der Waals surface area (Å²) >= 11 is 0. The number of nitriles is 1. The molecule has 1 aliphatic carbocycles. The molecule has 0 saturated heterocycles. The Bertz CT molecular complexity index is 254. The summed E-state index contributed by atoms with van der Waals surface area (Å²) in [4.78, 5) is 11.4. The van der Waals surface area contributed by atoms with Gasteiger partial charge in [-0.15, -0.1) is 0 Å². The summed E-state index contributed by atoms with van der Waals surface area (Å²) in [5, 5.41) is 11.3. The molecule has 16 heavy (non-hydrogen) atoms. The second-order valence-electron chi connectivity index (χ2n) is 4.23. The van der Waals surface area contributed by atoms with Gasteiger partial charge in [0.2, 0.25) is 5.91 Å². The Morgan fingerprint density at radius 3 is 2.75 bits per heavy atom. The highest BCUT2D eigenvalue weighted by Crippen LogP contribution is 2.19. The van der Waals surface area contributed by atoms with Gasteiger partial charge >= 0.3 is 0 Å². The van der Waals surface area contributed by atoms with E-state index in [0.29, 0.717) is 6.42 Å². The lowest BCUT2D eigenvalue weighted by atomic mass is 9.98. The van der Waals surface area contributed by atoms with Crippen molar-refractivity contribution in [2.75, 3.05) is 6.61 Å². The van der Waals surface area contributed by atoms with Gasteiger partial charge in [-0.2, -0.15) is 5.26 Å². The lowest BCUT2D eigenvalue weighted by Crippen LogP contribution is -2.37. The molecule has 0 aromatic rings. The molecule has 0 radical (unpaired) electrons. The van der Waals surface area contributed by atoms with Gasteiger partial charge in [-0.3, -0.25) is 4.79 Å². The van der Waals surface area contributed by atoms with E-state index in [9.17, 15) is 4.79 Å². The molecule has 0 unspecified atom stereocenters. The van der Waals surface area contributed by atoms with Crippen LogP contribution >= 0.6 is 0 Å². The minimum absolute atomic E-state index is 0.0862. The van der Waals surface area contributed by atoms with E-state index >= 15 is 0 Å². The summed E-state index contributed by atoms with van der Waals surface area (Å²) in [6.07, 6.45) is 6.65. The number of ether oxygens (including phenoxy) is 1. The fourth-order valence-corrected chi connectivity index (χ4v) is 1.89. The van der Waals surface area contributed by atoms with Crippen molar-refractivity contribution in [2.24, 2.45) is 0 Å². The molecule has 0 aliphatic heterocycles. The predicted molar refractivity (Wildman–Crippen MR) is 60.7 cm³/mol. The summed E-state index contributed by atoms with van der Waals surface area (Å²) in [5.41, 5.74) is 0. The fourth-order valence-electron chi connectivity index (χ4n) is 1.89. The average Bonchev–Trinajstić information content (AvgIpc) is 2.34. The number of rotatable bonds is 5. The minimum atomic E-state index is -0.387. The molecule has 1 atom stereocenters. The van der Waals surface area contributed by atoms with Crippen molar-refractivity contribution in [3.05, 3.63) is 0 Å². The maximum absolute atomic E-state index is 11.4. The molecular formula is C12H20N2O2. The maximum atomic E-state index is 11.4. The zero-order valence-electron chi connectivity index (χ0n) is 9.87. The van der Waals surface area contributed by atoms with Crippen LogP contribution in [0.3, 0.4) is 0 Å². The van der Waals surface area contributed by atoms with Crippen molar-refractivity contribution in [2.45, 2.75) is 57.6 Å². The van der Waals surface area contributed by atoms with Crippen LogP contribution in [-0.2, 0) is 9.53 Å². The van der Waals surface area contributed by atoms with Gasteiger partial charge in [0.15, 0.2) is 0 Å². The van der Waals surface area contributed by atoms with Gasteiger partial charge < -0.3 is 10.1 Å². The Balaban J connectivity index is 2.16. The Morgan fingerprint density at radius 1 is 1.50 bits per heavy atom.